The molecule has 0 fully saturated rings. The fourth-order valence-corrected chi connectivity index (χ4v) is 3.27. The number of aliphatic imine (C=N–C) groups is 1. The Kier molecular flexibility index (Phi) is 6.06. The van der Waals surface area contributed by atoms with Gasteiger partial charge in [-0.3, -0.25) is 4.99 Å². The van der Waals surface area contributed by atoms with Crippen LogP contribution in [-0.2, 0) is 6.54 Å². The van der Waals surface area contributed by atoms with E-state index in [9.17, 15) is 0 Å². The van der Waals surface area contributed by atoms with E-state index in [1.54, 1.807) is 24.5 Å². The average molecular weight is 357 g/mol. The van der Waals surface area contributed by atoms with Gasteiger partial charge in [0.1, 0.15) is 5.01 Å². The summed E-state index contributed by atoms with van der Waals surface area (Å²) in [5.74, 6) is 0.700. The largest absolute Gasteiger partial charge is 0.350 e. The minimum atomic E-state index is 0.00833. The lowest BCUT2D eigenvalue weighted by Crippen LogP contribution is -2.38. The van der Waals surface area contributed by atoms with E-state index < -0.39 is 0 Å². The van der Waals surface area contributed by atoms with E-state index in [4.69, 9.17) is 23.2 Å². The van der Waals surface area contributed by atoms with Gasteiger partial charge in [-0.15, -0.1) is 11.3 Å². The van der Waals surface area contributed by atoms with Crippen molar-refractivity contribution in [3.05, 3.63) is 49.9 Å². The Labute approximate surface area is 144 Å². The molecule has 2 rings (SSSR count). The second kappa shape index (κ2) is 7.81. The summed E-state index contributed by atoms with van der Waals surface area (Å²) in [6.45, 7) is 4.70. The second-order valence-electron chi connectivity index (χ2n) is 4.82. The second-order valence-corrected chi connectivity index (χ2v) is 6.99. The van der Waals surface area contributed by atoms with Gasteiger partial charge in [-0.2, -0.15) is 0 Å². The fourth-order valence-electron chi connectivity index (χ4n) is 1.97. The number of hydrogen-bond donors (Lipinski definition) is 2. The van der Waals surface area contributed by atoms with Crippen LogP contribution in [0.25, 0.3) is 0 Å². The zero-order valence-corrected chi connectivity index (χ0v) is 15.0. The molecule has 118 valence electrons. The molecule has 0 aliphatic heterocycles. The summed E-state index contributed by atoms with van der Waals surface area (Å²) in [7, 11) is 1.73. The Hall–Kier alpha value is -1.30. The number of hydrogen-bond acceptors (Lipinski definition) is 3. The first kappa shape index (κ1) is 17.1. The number of halogens is 2. The normalized spacial score (nSPS) is 13.0. The van der Waals surface area contributed by atoms with Crippen LogP contribution in [-0.4, -0.2) is 18.0 Å². The van der Waals surface area contributed by atoms with Crippen molar-refractivity contribution in [3.8, 4) is 0 Å². The lowest BCUT2D eigenvalue weighted by atomic mass is 10.1. The van der Waals surface area contributed by atoms with Crippen LogP contribution in [0.3, 0.4) is 0 Å². The van der Waals surface area contributed by atoms with Crippen molar-refractivity contribution in [1.82, 2.24) is 15.6 Å². The van der Waals surface area contributed by atoms with E-state index in [0.717, 1.165) is 10.6 Å². The lowest BCUT2D eigenvalue weighted by molar-refractivity contribution is 0.685. The number of thiazole rings is 1. The number of aromatic nitrogens is 1. The van der Waals surface area contributed by atoms with Gasteiger partial charge in [-0.05, 0) is 31.5 Å². The molecular formula is C15H18Cl2N4S. The maximum atomic E-state index is 6.23. The Bertz CT molecular complexity index is 669. The van der Waals surface area contributed by atoms with Crippen LogP contribution in [0.1, 0.15) is 28.4 Å². The zero-order valence-electron chi connectivity index (χ0n) is 12.7. The van der Waals surface area contributed by atoms with Crippen molar-refractivity contribution in [1.29, 1.82) is 0 Å². The van der Waals surface area contributed by atoms with E-state index in [2.05, 4.69) is 20.6 Å². The smallest absolute Gasteiger partial charge is 0.191 e. The molecule has 0 aliphatic rings. The van der Waals surface area contributed by atoms with Crippen molar-refractivity contribution >= 4 is 40.5 Å². The molecule has 0 bridgehead atoms. The zero-order chi connectivity index (χ0) is 16.1. The molecule has 0 amide bonds. The predicted octanol–water partition coefficient (Wildman–Crippen LogP) is 4.18. The molecule has 1 aromatic heterocycles. The fraction of sp³-hybridized carbons (Fsp3) is 0.333. The molecule has 2 N–H and O–H groups in total. The van der Waals surface area contributed by atoms with E-state index in [-0.39, 0.29) is 6.04 Å². The first-order valence-corrected chi connectivity index (χ1v) is 8.40. The molecule has 7 heteroatoms. The summed E-state index contributed by atoms with van der Waals surface area (Å²) in [4.78, 5) is 9.74. The summed E-state index contributed by atoms with van der Waals surface area (Å²) in [6.07, 6.45) is 1.87. The number of nitrogens with zero attached hydrogens (tertiary/aromatic N) is 2. The van der Waals surface area contributed by atoms with Gasteiger partial charge in [0.15, 0.2) is 5.96 Å². The van der Waals surface area contributed by atoms with Gasteiger partial charge in [0.05, 0.1) is 12.6 Å². The highest BCUT2D eigenvalue weighted by molar-refractivity contribution is 7.11. The van der Waals surface area contributed by atoms with Gasteiger partial charge >= 0.3 is 0 Å². The third-order valence-electron chi connectivity index (χ3n) is 3.08. The van der Waals surface area contributed by atoms with Crippen molar-refractivity contribution in [2.75, 3.05) is 7.05 Å². The molecule has 1 atom stereocenters. The minimum absolute atomic E-state index is 0.00833. The van der Waals surface area contributed by atoms with Crippen LogP contribution < -0.4 is 10.6 Å². The van der Waals surface area contributed by atoms with Crippen LogP contribution in [0.4, 0.5) is 0 Å². The van der Waals surface area contributed by atoms with E-state index in [1.165, 1.54) is 4.88 Å². The molecule has 1 unspecified atom stereocenters. The van der Waals surface area contributed by atoms with Gasteiger partial charge < -0.3 is 10.6 Å². The molecule has 4 nitrogen and oxygen atoms in total. The SMILES string of the molecule is CN=C(NCc1ncc(C)s1)NC(C)c1ccc(Cl)cc1Cl. The molecule has 22 heavy (non-hydrogen) atoms. The number of benzene rings is 1. The van der Waals surface area contributed by atoms with Crippen molar-refractivity contribution in [2.24, 2.45) is 4.99 Å². The molecule has 0 spiro atoms. The number of guanidine groups is 1. The summed E-state index contributed by atoms with van der Waals surface area (Å²) >= 11 is 13.8. The molecule has 1 heterocycles. The number of nitrogens with one attached hydrogen (secondary N) is 2. The summed E-state index contributed by atoms with van der Waals surface area (Å²) in [5.41, 5.74) is 0.971. The van der Waals surface area contributed by atoms with Crippen LogP contribution in [0.2, 0.25) is 10.0 Å². The highest BCUT2D eigenvalue weighted by Gasteiger charge is 2.12. The number of rotatable bonds is 4. The minimum Gasteiger partial charge on any atom is -0.350 e. The Morgan fingerprint density at radius 1 is 1.41 bits per heavy atom. The number of aryl methyl sites for hydroxylation is 1. The molecular weight excluding hydrogens is 339 g/mol. The molecule has 0 aliphatic carbocycles. The van der Waals surface area contributed by atoms with Gasteiger partial charge in [0, 0.05) is 28.2 Å². The topological polar surface area (TPSA) is 49.3 Å². The molecule has 0 saturated heterocycles. The van der Waals surface area contributed by atoms with Gasteiger partial charge in [0.2, 0.25) is 0 Å². The Morgan fingerprint density at radius 3 is 2.77 bits per heavy atom. The molecule has 0 radical (unpaired) electrons. The maximum absolute atomic E-state index is 6.23. The van der Waals surface area contributed by atoms with Crippen molar-refractivity contribution in [3.63, 3.8) is 0 Å². The first-order valence-electron chi connectivity index (χ1n) is 6.83. The molecule has 0 saturated carbocycles. The van der Waals surface area contributed by atoms with Crippen LogP contribution in [0.15, 0.2) is 29.4 Å². The third-order valence-corrected chi connectivity index (χ3v) is 4.56. The van der Waals surface area contributed by atoms with Crippen LogP contribution >= 0.6 is 34.5 Å². The van der Waals surface area contributed by atoms with Crippen LogP contribution in [0.5, 0.6) is 0 Å². The van der Waals surface area contributed by atoms with Crippen LogP contribution in [0, 0.1) is 6.92 Å². The quantitative estimate of drug-likeness (QED) is 0.637. The van der Waals surface area contributed by atoms with E-state index >= 15 is 0 Å². The van der Waals surface area contributed by atoms with Gasteiger partial charge in [-0.25, -0.2) is 4.98 Å². The predicted molar refractivity (Wildman–Crippen MR) is 95.1 cm³/mol. The van der Waals surface area contributed by atoms with Crippen molar-refractivity contribution < 1.29 is 0 Å². The van der Waals surface area contributed by atoms with Gasteiger partial charge in [0.25, 0.3) is 0 Å². The first-order chi connectivity index (χ1) is 10.5. The molecule has 1 aromatic carbocycles. The maximum Gasteiger partial charge on any atom is 0.191 e. The third kappa shape index (κ3) is 4.60. The lowest BCUT2D eigenvalue weighted by Gasteiger charge is -2.19. The Morgan fingerprint density at radius 2 is 2.18 bits per heavy atom. The van der Waals surface area contributed by atoms with E-state index in [0.29, 0.717) is 22.5 Å². The summed E-state index contributed by atoms with van der Waals surface area (Å²) in [6, 6.07) is 5.49. The highest BCUT2D eigenvalue weighted by Crippen LogP contribution is 2.26. The summed E-state index contributed by atoms with van der Waals surface area (Å²) in [5, 5.41) is 8.85. The molecule has 2 aromatic rings. The summed E-state index contributed by atoms with van der Waals surface area (Å²) < 4.78 is 0. The highest BCUT2D eigenvalue weighted by atomic mass is 35.5. The average Bonchev–Trinajstić information content (AvgIpc) is 2.88. The Balaban J connectivity index is 1.97. The van der Waals surface area contributed by atoms with Gasteiger partial charge in [-0.1, -0.05) is 29.3 Å². The van der Waals surface area contributed by atoms with E-state index in [1.807, 2.05) is 32.2 Å². The van der Waals surface area contributed by atoms with Crippen molar-refractivity contribution in [2.45, 2.75) is 26.4 Å². The monoisotopic (exact) mass is 356 g/mol. The standard InChI is InChI=1S/C15H18Cl2N4S/c1-9-7-19-14(22-9)8-20-15(18-3)21-10(2)12-5-4-11(16)6-13(12)17/h4-7,10H,8H2,1-3H3,(H2,18,20,21).